The second-order valence-electron chi connectivity index (χ2n) is 4.59. The van der Waals surface area contributed by atoms with E-state index in [4.69, 9.17) is 5.73 Å². The number of para-hydroxylation sites is 1. The van der Waals surface area contributed by atoms with Crippen LogP contribution in [-0.2, 0) is 0 Å². The molecule has 0 saturated carbocycles. The lowest BCUT2D eigenvalue weighted by Crippen LogP contribution is -2.30. The minimum absolute atomic E-state index is 0.0846. The second kappa shape index (κ2) is 6.92. The molecular weight excluding hydrogens is 228 g/mol. The summed E-state index contributed by atoms with van der Waals surface area (Å²) in [6.07, 6.45) is 3.35. The van der Waals surface area contributed by atoms with Crippen LogP contribution in [0.2, 0.25) is 0 Å². The molecule has 96 valence electrons. The van der Waals surface area contributed by atoms with Crippen LogP contribution in [0.3, 0.4) is 0 Å². The maximum absolute atomic E-state index is 6.02. The van der Waals surface area contributed by atoms with Gasteiger partial charge in [-0.25, -0.2) is 0 Å². The van der Waals surface area contributed by atoms with Crippen molar-refractivity contribution in [3.05, 3.63) is 29.8 Å². The molecular formula is C14H24N2S. The van der Waals surface area contributed by atoms with E-state index in [-0.39, 0.29) is 6.04 Å². The predicted molar refractivity (Wildman–Crippen MR) is 79.9 cm³/mol. The van der Waals surface area contributed by atoms with Crippen LogP contribution in [-0.4, -0.2) is 25.1 Å². The molecule has 0 aliphatic rings. The van der Waals surface area contributed by atoms with Crippen molar-refractivity contribution in [2.24, 2.45) is 5.73 Å². The lowest BCUT2D eigenvalue weighted by Gasteiger charge is -2.30. The summed E-state index contributed by atoms with van der Waals surface area (Å²) in [5, 5.41) is 0. The van der Waals surface area contributed by atoms with Gasteiger partial charge in [0.25, 0.3) is 0 Å². The number of nitrogens with two attached hydrogens (primary N) is 1. The minimum Gasteiger partial charge on any atom is -0.372 e. The molecule has 0 aliphatic heterocycles. The molecule has 1 aromatic carbocycles. The first-order valence-corrected chi connectivity index (χ1v) is 7.53. The van der Waals surface area contributed by atoms with Gasteiger partial charge in [-0.1, -0.05) is 18.2 Å². The van der Waals surface area contributed by atoms with Gasteiger partial charge < -0.3 is 10.6 Å². The first kappa shape index (κ1) is 14.4. The van der Waals surface area contributed by atoms with Gasteiger partial charge in [0, 0.05) is 24.8 Å². The van der Waals surface area contributed by atoms with Crippen LogP contribution in [0.25, 0.3) is 0 Å². The molecule has 3 heteroatoms. The zero-order valence-corrected chi connectivity index (χ0v) is 12.1. The van der Waals surface area contributed by atoms with E-state index in [1.807, 2.05) is 18.7 Å². The van der Waals surface area contributed by atoms with E-state index < -0.39 is 0 Å². The fraction of sp³-hybridized carbons (Fsp3) is 0.571. The Morgan fingerprint density at radius 1 is 1.29 bits per heavy atom. The Hall–Kier alpha value is -0.670. The maximum Gasteiger partial charge on any atom is 0.0414 e. The summed E-state index contributed by atoms with van der Waals surface area (Å²) in [5.74, 6) is 1.20. The molecule has 2 N–H and O–H groups in total. The number of hydrogen-bond donors (Lipinski definition) is 1. The van der Waals surface area contributed by atoms with E-state index in [0.29, 0.717) is 6.04 Å². The monoisotopic (exact) mass is 252 g/mol. The third-order valence-electron chi connectivity index (χ3n) is 3.21. The van der Waals surface area contributed by atoms with Crippen LogP contribution in [0.5, 0.6) is 0 Å². The van der Waals surface area contributed by atoms with E-state index in [1.165, 1.54) is 23.4 Å². The highest BCUT2D eigenvalue weighted by atomic mass is 32.2. The molecule has 1 unspecified atom stereocenters. The quantitative estimate of drug-likeness (QED) is 0.842. The number of hydrogen-bond acceptors (Lipinski definition) is 3. The van der Waals surface area contributed by atoms with Gasteiger partial charge in [0.15, 0.2) is 0 Å². The highest BCUT2D eigenvalue weighted by molar-refractivity contribution is 7.98. The van der Waals surface area contributed by atoms with Crippen molar-refractivity contribution in [2.45, 2.75) is 32.4 Å². The summed E-state index contributed by atoms with van der Waals surface area (Å²) in [4.78, 5) is 2.34. The summed E-state index contributed by atoms with van der Waals surface area (Å²) in [5.41, 5.74) is 8.51. The Balaban J connectivity index is 2.83. The summed E-state index contributed by atoms with van der Waals surface area (Å²) in [6, 6.07) is 9.05. The topological polar surface area (TPSA) is 29.3 Å². The molecule has 0 heterocycles. The molecule has 0 aliphatic carbocycles. The Kier molecular flexibility index (Phi) is 5.86. The summed E-state index contributed by atoms with van der Waals surface area (Å²) in [6.45, 7) is 4.31. The molecule has 0 radical (unpaired) electrons. The zero-order chi connectivity index (χ0) is 12.8. The molecule has 0 bridgehead atoms. The molecule has 17 heavy (non-hydrogen) atoms. The van der Waals surface area contributed by atoms with Crippen LogP contribution < -0.4 is 10.6 Å². The predicted octanol–water partition coefficient (Wildman–Crippen LogP) is 3.28. The molecule has 2 nitrogen and oxygen atoms in total. The van der Waals surface area contributed by atoms with Crippen LogP contribution in [0.1, 0.15) is 31.9 Å². The van der Waals surface area contributed by atoms with Crippen LogP contribution in [0.15, 0.2) is 24.3 Å². The number of anilines is 1. The number of rotatable bonds is 6. The average molecular weight is 252 g/mol. The molecule has 2 atom stereocenters. The van der Waals surface area contributed by atoms with Crippen molar-refractivity contribution in [2.75, 3.05) is 24.0 Å². The Morgan fingerprint density at radius 3 is 2.53 bits per heavy atom. The van der Waals surface area contributed by atoms with Gasteiger partial charge in [-0.05, 0) is 43.9 Å². The molecule has 0 aromatic heterocycles. The van der Waals surface area contributed by atoms with Crippen molar-refractivity contribution < 1.29 is 0 Å². The van der Waals surface area contributed by atoms with E-state index in [9.17, 15) is 0 Å². The van der Waals surface area contributed by atoms with Crippen LogP contribution >= 0.6 is 11.8 Å². The summed E-state index contributed by atoms with van der Waals surface area (Å²) < 4.78 is 0. The van der Waals surface area contributed by atoms with E-state index in [1.54, 1.807) is 0 Å². The van der Waals surface area contributed by atoms with Gasteiger partial charge in [0.2, 0.25) is 0 Å². The molecule has 0 fully saturated rings. The van der Waals surface area contributed by atoms with E-state index in [2.05, 4.69) is 49.4 Å². The maximum atomic E-state index is 6.02. The highest BCUT2D eigenvalue weighted by Gasteiger charge is 2.14. The van der Waals surface area contributed by atoms with Gasteiger partial charge >= 0.3 is 0 Å². The average Bonchev–Trinajstić information content (AvgIpc) is 2.34. The SMILES string of the molecule is CSCCC(C)N(C)c1ccccc1[C@H](C)N. The fourth-order valence-electron chi connectivity index (χ4n) is 1.91. The molecule has 0 spiro atoms. The van der Waals surface area contributed by atoms with Gasteiger partial charge in [0.05, 0.1) is 0 Å². The Bertz CT molecular complexity index is 339. The van der Waals surface area contributed by atoms with Gasteiger partial charge in [0.1, 0.15) is 0 Å². The van der Waals surface area contributed by atoms with Crippen molar-refractivity contribution in [3.63, 3.8) is 0 Å². The molecule has 1 rings (SSSR count). The van der Waals surface area contributed by atoms with Crippen molar-refractivity contribution >= 4 is 17.4 Å². The Morgan fingerprint density at radius 2 is 1.94 bits per heavy atom. The molecule has 0 saturated heterocycles. The highest BCUT2D eigenvalue weighted by Crippen LogP contribution is 2.26. The second-order valence-corrected chi connectivity index (χ2v) is 5.57. The lowest BCUT2D eigenvalue weighted by molar-refractivity contribution is 0.662. The first-order valence-electron chi connectivity index (χ1n) is 6.14. The van der Waals surface area contributed by atoms with Crippen LogP contribution in [0, 0.1) is 0 Å². The zero-order valence-electron chi connectivity index (χ0n) is 11.3. The molecule has 1 aromatic rings. The summed E-state index contributed by atoms with van der Waals surface area (Å²) >= 11 is 1.90. The third kappa shape index (κ3) is 3.93. The van der Waals surface area contributed by atoms with Crippen molar-refractivity contribution in [3.8, 4) is 0 Å². The van der Waals surface area contributed by atoms with Crippen LogP contribution in [0.4, 0.5) is 5.69 Å². The first-order chi connectivity index (χ1) is 8.07. The minimum atomic E-state index is 0.0846. The largest absolute Gasteiger partial charge is 0.372 e. The van der Waals surface area contributed by atoms with Gasteiger partial charge in [-0.15, -0.1) is 0 Å². The normalized spacial score (nSPS) is 14.4. The third-order valence-corrected chi connectivity index (χ3v) is 3.85. The Labute approximate surface area is 110 Å². The van der Waals surface area contributed by atoms with Crippen molar-refractivity contribution in [1.29, 1.82) is 0 Å². The lowest BCUT2D eigenvalue weighted by atomic mass is 10.0. The van der Waals surface area contributed by atoms with E-state index in [0.717, 1.165) is 0 Å². The fourth-order valence-corrected chi connectivity index (χ4v) is 2.49. The van der Waals surface area contributed by atoms with Crippen molar-refractivity contribution in [1.82, 2.24) is 0 Å². The number of thioether (sulfide) groups is 1. The van der Waals surface area contributed by atoms with E-state index >= 15 is 0 Å². The standard InChI is InChI=1S/C14H24N2S/c1-11(9-10-17-4)16(3)14-8-6-5-7-13(14)12(2)15/h5-8,11-12H,9-10,15H2,1-4H3/t11?,12-/m0/s1. The smallest absolute Gasteiger partial charge is 0.0414 e. The number of benzene rings is 1. The number of nitrogens with zero attached hydrogens (tertiary/aromatic N) is 1. The van der Waals surface area contributed by atoms with Gasteiger partial charge in [-0.2, -0.15) is 11.8 Å². The van der Waals surface area contributed by atoms with Gasteiger partial charge in [-0.3, -0.25) is 0 Å². The molecule has 0 amide bonds. The summed E-state index contributed by atoms with van der Waals surface area (Å²) in [7, 11) is 2.16.